The van der Waals surface area contributed by atoms with Crippen molar-refractivity contribution in [2.45, 2.75) is 65.6 Å². The molecule has 0 radical (unpaired) electrons. The van der Waals surface area contributed by atoms with Gasteiger partial charge in [-0.25, -0.2) is 0 Å². The van der Waals surface area contributed by atoms with Crippen LogP contribution in [0.2, 0.25) is 0 Å². The molecule has 0 saturated carbocycles. The third-order valence-corrected chi connectivity index (χ3v) is 3.48. The maximum Gasteiger partial charge on any atom is 0.0663 e. The van der Waals surface area contributed by atoms with Gasteiger partial charge in [0.05, 0.1) is 11.2 Å². The number of hydrogen-bond acceptors (Lipinski definition) is 2. The van der Waals surface area contributed by atoms with E-state index in [1.807, 2.05) is 0 Å². The molecule has 0 aliphatic carbocycles. The first kappa shape index (κ1) is 14.0. The summed E-state index contributed by atoms with van der Waals surface area (Å²) in [6.07, 6.45) is 2.41. The second-order valence-corrected chi connectivity index (χ2v) is 6.75. The van der Waals surface area contributed by atoms with Crippen LogP contribution in [0.4, 0.5) is 0 Å². The zero-order chi connectivity index (χ0) is 12.4. The summed E-state index contributed by atoms with van der Waals surface area (Å²) in [4.78, 5) is 0. The molecule has 96 valence electrons. The van der Waals surface area contributed by atoms with Gasteiger partial charge in [0, 0.05) is 0 Å². The molecule has 2 nitrogen and oxygen atoms in total. The van der Waals surface area contributed by atoms with Crippen LogP contribution < -0.4 is 5.32 Å². The zero-order valence-electron chi connectivity index (χ0n) is 11.9. The van der Waals surface area contributed by atoms with Crippen molar-refractivity contribution in [1.82, 2.24) is 5.32 Å². The monoisotopic (exact) mass is 227 g/mol. The van der Waals surface area contributed by atoms with Gasteiger partial charge >= 0.3 is 0 Å². The van der Waals surface area contributed by atoms with Crippen molar-refractivity contribution in [1.29, 1.82) is 0 Å². The highest BCUT2D eigenvalue weighted by Crippen LogP contribution is 2.43. The van der Waals surface area contributed by atoms with Crippen LogP contribution in [0.3, 0.4) is 0 Å². The van der Waals surface area contributed by atoms with Crippen molar-refractivity contribution in [3.05, 3.63) is 0 Å². The fourth-order valence-corrected chi connectivity index (χ4v) is 2.79. The molecule has 1 N–H and O–H groups in total. The quantitative estimate of drug-likeness (QED) is 0.728. The highest BCUT2D eigenvalue weighted by molar-refractivity contribution is 4.94. The number of ether oxygens (including phenoxy) is 1. The Balaban J connectivity index is 2.32. The number of rotatable bonds is 5. The van der Waals surface area contributed by atoms with Crippen molar-refractivity contribution < 1.29 is 4.74 Å². The van der Waals surface area contributed by atoms with Gasteiger partial charge in [0.1, 0.15) is 0 Å². The maximum absolute atomic E-state index is 6.10. The molecule has 1 fully saturated rings. The molecule has 1 aliphatic rings. The van der Waals surface area contributed by atoms with Crippen molar-refractivity contribution in [3.63, 3.8) is 0 Å². The van der Waals surface area contributed by atoms with Gasteiger partial charge in [-0.2, -0.15) is 0 Å². The van der Waals surface area contributed by atoms with E-state index in [4.69, 9.17) is 4.74 Å². The Kier molecular flexibility index (Phi) is 4.42. The summed E-state index contributed by atoms with van der Waals surface area (Å²) in [7, 11) is 0. The third kappa shape index (κ3) is 4.06. The van der Waals surface area contributed by atoms with E-state index in [1.165, 1.54) is 12.8 Å². The summed E-state index contributed by atoms with van der Waals surface area (Å²) in [5.41, 5.74) is 0.106. The van der Waals surface area contributed by atoms with Crippen molar-refractivity contribution >= 4 is 0 Å². The topological polar surface area (TPSA) is 21.3 Å². The van der Waals surface area contributed by atoms with Gasteiger partial charge in [-0.1, -0.05) is 13.8 Å². The largest absolute Gasteiger partial charge is 0.369 e. The van der Waals surface area contributed by atoms with E-state index in [0.29, 0.717) is 5.92 Å². The minimum atomic E-state index is 0.0447. The predicted molar refractivity (Wildman–Crippen MR) is 69.7 cm³/mol. The van der Waals surface area contributed by atoms with E-state index in [-0.39, 0.29) is 11.2 Å². The van der Waals surface area contributed by atoms with E-state index in [1.54, 1.807) is 0 Å². The Labute approximate surface area is 101 Å². The molecule has 0 spiro atoms. The fourth-order valence-electron chi connectivity index (χ4n) is 2.79. The highest BCUT2D eigenvalue weighted by atomic mass is 16.5. The lowest BCUT2D eigenvalue weighted by Gasteiger charge is -2.27. The fraction of sp³-hybridized carbons (Fsp3) is 1.00. The van der Waals surface area contributed by atoms with Crippen LogP contribution >= 0.6 is 0 Å². The van der Waals surface area contributed by atoms with Gasteiger partial charge in [0.2, 0.25) is 0 Å². The minimum absolute atomic E-state index is 0.0447. The Bertz CT molecular complexity index is 221. The summed E-state index contributed by atoms with van der Waals surface area (Å²) < 4.78 is 6.10. The van der Waals surface area contributed by atoms with E-state index >= 15 is 0 Å². The zero-order valence-corrected chi connectivity index (χ0v) is 11.9. The molecule has 1 aliphatic heterocycles. The molecule has 1 rings (SSSR count). The first-order valence-corrected chi connectivity index (χ1v) is 6.64. The van der Waals surface area contributed by atoms with E-state index in [2.05, 4.69) is 46.9 Å². The van der Waals surface area contributed by atoms with Gasteiger partial charge in [0.15, 0.2) is 0 Å². The Hall–Kier alpha value is -0.0800. The summed E-state index contributed by atoms with van der Waals surface area (Å²) in [6, 6.07) is 0. The molecular weight excluding hydrogens is 198 g/mol. The predicted octanol–water partition coefficient (Wildman–Crippen LogP) is 3.22. The Morgan fingerprint density at radius 2 is 1.88 bits per heavy atom. The van der Waals surface area contributed by atoms with Crippen LogP contribution in [-0.2, 0) is 4.74 Å². The van der Waals surface area contributed by atoms with Gasteiger partial charge in [-0.3, -0.25) is 0 Å². The molecular formula is C14H29NO. The van der Waals surface area contributed by atoms with Crippen LogP contribution in [-0.4, -0.2) is 24.3 Å². The lowest BCUT2D eigenvalue weighted by atomic mass is 9.85. The second kappa shape index (κ2) is 5.05. The first-order valence-electron chi connectivity index (χ1n) is 6.64. The SMILES string of the molecule is CC(C)CNCCC1CC(C)(C)OC1(C)C. The smallest absolute Gasteiger partial charge is 0.0663 e. The lowest BCUT2D eigenvalue weighted by Crippen LogP contribution is -2.31. The van der Waals surface area contributed by atoms with Crippen molar-refractivity contribution in [2.75, 3.05) is 13.1 Å². The van der Waals surface area contributed by atoms with Crippen molar-refractivity contribution in [3.8, 4) is 0 Å². The molecule has 0 aromatic rings. The van der Waals surface area contributed by atoms with Crippen LogP contribution in [0.1, 0.15) is 54.4 Å². The Morgan fingerprint density at radius 1 is 1.25 bits per heavy atom. The lowest BCUT2D eigenvalue weighted by molar-refractivity contribution is -0.0751. The first-order chi connectivity index (χ1) is 7.23. The van der Waals surface area contributed by atoms with E-state index in [9.17, 15) is 0 Å². The summed E-state index contributed by atoms with van der Waals surface area (Å²) in [5.74, 6) is 1.42. The minimum Gasteiger partial charge on any atom is -0.369 e. The van der Waals surface area contributed by atoms with E-state index in [0.717, 1.165) is 19.0 Å². The molecule has 16 heavy (non-hydrogen) atoms. The standard InChI is InChI=1S/C14H29NO/c1-11(2)10-15-8-7-12-9-13(3,4)16-14(12,5)6/h11-12,15H,7-10H2,1-6H3. The molecule has 2 heteroatoms. The van der Waals surface area contributed by atoms with Crippen molar-refractivity contribution in [2.24, 2.45) is 11.8 Å². The molecule has 0 amide bonds. The van der Waals surface area contributed by atoms with Gasteiger partial charge in [-0.15, -0.1) is 0 Å². The van der Waals surface area contributed by atoms with Crippen LogP contribution in [0.15, 0.2) is 0 Å². The normalized spacial score (nSPS) is 27.6. The summed E-state index contributed by atoms with van der Waals surface area (Å²) in [6.45, 7) is 15.6. The average molecular weight is 227 g/mol. The molecule has 0 bridgehead atoms. The highest BCUT2D eigenvalue weighted by Gasteiger charge is 2.45. The van der Waals surface area contributed by atoms with Gasteiger partial charge in [-0.05, 0) is 65.5 Å². The number of nitrogens with one attached hydrogen (secondary N) is 1. The van der Waals surface area contributed by atoms with Gasteiger partial charge in [0.25, 0.3) is 0 Å². The molecule has 0 aromatic carbocycles. The van der Waals surface area contributed by atoms with E-state index < -0.39 is 0 Å². The molecule has 1 unspecified atom stereocenters. The number of hydrogen-bond donors (Lipinski definition) is 1. The maximum atomic E-state index is 6.10. The molecule has 1 heterocycles. The molecule has 0 aromatic heterocycles. The summed E-state index contributed by atoms with van der Waals surface area (Å²) in [5, 5.41) is 3.52. The summed E-state index contributed by atoms with van der Waals surface area (Å²) >= 11 is 0. The third-order valence-electron chi connectivity index (χ3n) is 3.48. The average Bonchev–Trinajstić information content (AvgIpc) is 2.27. The van der Waals surface area contributed by atoms with Crippen LogP contribution in [0, 0.1) is 11.8 Å². The van der Waals surface area contributed by atoms with Crippen LogP contribution in [0.25, 0.3) is 0 Å². The molecule has 1 saturated heterocycles. The Morgan fingerprint density at radius 3 is 2.31 bits per heavy atom. The second-order valence-electron chi connectivity index (χ2n) is 6.75. The van der Waals surface area contributed by atoms with Gasteiger partial charge < -0.3 is 10.1 Å². The van der Waals surface area contributed by atoms with Crippen LogP contribution in [0.5, 0.6) is 0 Å². The molecule has 1 atom stereocenters.